The van der Waals surface area contributed by atoms with Crippen LogP contribution in [0.5, 0.6) is 0 Å². The summed E-state index contributed by atoms with van der Waals surface area (Å²) in [7, 11) is -1.82. The van der Waals surface area contributed by atoms with E-state index in [1.165, 1.54) is 19.3 Å². The van der Waals surface area contributed by atoms with Gasteiger partial charge in [0.2, 0.25) is 5.91 Å². The second kappa shape index (κ2) is 5.88. The van der Waals surface area contributed by atoms with Gasteiger partial charge >= 0.3 is 0 Å². The molecule has 1 aliphatic carbocycles. The van der Waals surface area contributed by atoms with Gasteiger partial charge in [-0.15, -0.1) is 0 Å². The molecule has 0 aromatic rings. The molecule has 1 fully saturated rings. The van der Waals surface area contributed by atoms with Gasteiger partial charge in [0.1, 0.15) is 0 Å². The second-order valence-corrected chi connectivity index (χ2v) is 12.9. The lowest BCUT2D eigenvalue weighted by atomic mass is 9.75. The quantitative estimate of drug-likeness (QED) is 0.486. The van der Waals surface area contributed by atoms with Gasteiger partial charge in [0, 0.05) is 6.04 Å². The first-order valence-corrected chi connectivity index (χ1v) is 11.2. The normalized spacial score (nSPS) is 31.5. The summed E-state index contributed by atoms with van der Waals surface area (Å²) in [6, 6.07) is 0.272. The Hall–Kier alpha value is -0.613. The molecule has 0 aromatic heterocycles. The lowest BCUT2D eigenvalue weighted by Gasteiger charge is -2.47. The Balaban J connectivity index is 2.03. The topological polar surface area (TPSA) is 38.3 Å². The highest BCUT2D eigenvalue weighted by Gasteiger charge is 2.49. The molecule has 0 spiro atoms. The summed E-state index contributed by atoms with van der Waals surface area (Å²) in [5, 5.41) is 3.30. The van der Waals surface area contributed by atoms with E-state index in [9.17, 15) is 4.79 Å². The third-order valence-electron chi connectivity index (χ3n) is 5.54. The first kappa shape index (κ1) is 16.8. The van der Waals surface area contributed by atoms with Crippen LogP contribution in [0, 0.1) is 11.8 Å². The van der Waals surface area contributed by atoms with Gasteiger partial charge in [0.15, 0.2) is 8.32 Å². The Morgan fingerprint density at radius 2 is 2.05 bits per heavy atom. The van der Waals surface area contributed by atoms with Crippen molar-refractivity contribution in [2.24, 2.45) is 11.8 Å². The lowest BCUT2D eigenvalue weighted by Crippen LogP contribution is -2.66. The summed E-state index contributed by atoms with van der Waals surface area (Å²) in [6.45, 7) is 13.3. The Bertz CT molecular complexity index is 425. The first-order valence-electron chi connectivity index (χ1n) is 8.28. The van der Waals surface area contributed by atoms with E-state index in [1.807, 2.05) is 0 Å². The zero-order chi connectivity index (χ0) is 15.8. The largest absolute Gasteiger partial charge is 0.413 e. The maximum atomic E-state index is 12.1. The molecule has 4 heteroatoms. The molecule has 3 nitrogen and oxygen atoms in total. The van der Waals surface area contributed by atoms with Gasteiger partial charge in [-0.3, -0.25) is 4.79 Å². The lowest BCUT2D eigenvalue weighted by molar-refractivity contribution is -0.141. The molecular formula is C17H31NO2Si. The summed E-state index contributed by atoms with van der Waals surface area (Å²) in [5.41, 5.74) is 0. The zero-order valence-corrected chi connectivity index (χ0v) is 15.4. The Morgan fingerprint density at radius 3 is 2.52 bits per heavy atom. The second-order valence-electron chi connectivity index (χ2n) is 8.17. The van der Waals surface area contributed by atoms with E-state index in [-0.39, 0.29) is 29.0 Å². The molecule has 2 aliphatic rings. The monoisotopic (exact) mass is 309 g/mol. The predicted molar refractivity (Wildman–Crippen MR) is 89.6 cm³/mol. The van der Waals surface area contributed by atoms with Crippen LogP contribution in [0.2, 0.25) is 18.1 Å². The molecule has 120 valence electrons. The van der Waals surface area contributed by atoms with Crippen molar-refractivity contribution in [1.82, 2.24) is 5.32 Å². The van der Waals surface area contributed by atoms with Crippen LogP contribution in [-0.2, 0) is 9.22 Å². The number of carbonyl (C=O) groups is 1. The average Bonchev–Trinajstić information content (AvgIpc) is 2.34. The molecule has 1 saturated heterocycles. The van der Waals surface area contributed by atoms with Crippen LogP contribution in [0.25, 0.3) is 0 Å². The van der Waals surface area contributed by atoms with Gasteiger partial charge in [-0.1, -0.05) is 32.9 Å². The van der Waals surface area contributed by atoms with Crippen LogP contribution >= 0.6 is 0 Å². The molecule has 0 bridgehead atoms. The minimum Gasteiger partial charge on any atom is -0.413 e. The van der Waals surface area contributed by atoms with Crippen LogP contribution in [0.3, 0.4) is 0 Å². The first-order chi connectivity index (χ1) is 9.63. The van der Waals surface area contributed by atoms with E-state index in [1.54, 1.807) is 0 Å². The van der Waals surface area contributed by atoms with Crippen molar-refractivity contribution in [2.45, 2.75) is 77.2 Å². The van der Waals surface area contributed by atoms with Gasteiger partial charge in [-0.2, -0.15) is 0 Å². The summed E-state index contributed by atoms with van der Waals surface area (Å²) in [4.78, 5) is 12.1. The third kappa shape index (κ3) is 3.42. The van der Waals surface area contributed by atoms with Crippen molar-refractivity contribution in [3.05, 3.63) is 12.2 Å². The zero-order valence-electron chi connectivity index (χ0n) is 14.4. The van der Waals surface area contributed by atoms with Crippen LogP contribution < -0.4 is 5.32 Å². The number of β-lactam (4-membered cyclic amide) rings is 1. The maximum absolute atomic E-state index is 12.1. The average molecular weight is 310 g/mol. The Labute approximate surface area is 130 Å². The van der Waals surface area contributed by atoms with E-state index in [0.29, 0.717) is 5.92 Å². The minimum absolute atomic E-state index is 0.0139. The maximum Gasteiger partial charge on any atom is 0.228 e. The van der Waals surface area contributed by atoms with Gasteiger partial charge in [-0.05, 0) is 50.2 Å². The van der Waals surface area contributed by atoms with Crippen molar-refractivity contribution < 1.29 is 9.22 Å². The van der Waals surface area contributed by atoms with Crippen molar-refractivity contribution in [2.75, 3.05) is 0 Å². The van der Waals surface area contributed by atoms with Gasteiger partial charge in [0.25, 0.3) is 0 Å². The van der Waals surface area contributed by atoms with Crippen LogP contribution in [0.15, 0.2) is 12.2 Å². The van der Waals surface area contributed by atoms with Gasteiger partial charge < -0.3 is 9.74 Å². The molecule has 1 heterocycles. The van der Waals surface area contributed by atoms with E-state index in [0.717, 1.165) is 0 Å². The number of hydrogen-bond donors (Lipinski definition) is 1. The molecule has 21 heavy (non-hydrogen) atoms. The molecule has 1 aliphatic heterocycles. The molecule has 1 amide bonds. The predicted octanol–water partition coefficient (Wildman–Crippen LogP) is 3.87. The molecule has 0 aromatic carbocycles. The molecule has 0 saturated carbocycles. The van der Waals surface area contributed by atoms with E-state index in [2.05, 4.69) is 58.3 Å². The Morgan fingerprint density at radius 1 is 1.38 bits per heavy atom. The van der Waals surface area contributed by atoms with Gasteiger partial charge in [-0.25, -0.2) is 0 Å². The summed E-state index contributed by atoms with van der Waals surface area (Å²) < 4.78 is 6.45. The molecule has 4 atom stereocenters. The molecule has 0 unspecified atom stereocenters. The van der Waals surface area contributed by atoms with Crippen LogP contribution in [0.1, 0.15) is 47.0 Å². The summed E-state index contributed by atoms with van der Waals surface area (Å²) >= 11 is 0. The molecular weight excluding hydrogens is 278 g/mol. The Kier molecular flexibility index (Phi) is 4.69. The number of rotatable bonds is 4. The van der Waals surface area contributed by atoms with E-state index < -0.39 is 8.32 Å². The highest BCUT2D eigenvalue weighted by atomic mass is 28.4. The number of nitrogens with one attached hydrogen (secondary N) is 1. The minimum atomic E-state index is -1.82. The molecule has 0 radical (unpaired) electrons. The number of hydrogen-bond acceptors (Lipinski definition) is 2. The third-order valence-corrected chi connectivity index (χ3v) is 10.1. The molecule has 2 rings (SSSR count). The number of allylic oxidation sites excluding steroid dienone is 1. The highest BCUT2D eigenvalue weighted by molar-refractivity contribution is 6.74. The van der Waals surface area contributed by atoms with Crippen LogP contribution in [0.4, 0.5) is 0 Å². The fourth-order valence-corrected chi connectivity index (χ4v) is 4.58. The standard InChI is InChI=1S/C17H31NO2Si/c1-12(20-21(5,6)17(2,3)4)14-15(18-16(14)19)13-10-8-7-9-11-13/h8,10,12-15H,7,9,11H2,1-6H3,(H,18,19)/t12-,13-,14-,15-/m1/s1. The number of amides is 1. The molecule has 1 N–H and O–H groups in total. The van der Waals surface area contributed by atoms with E-state index in [4.69, 9.17) is 4.43 Å². The summed E-state index contributed by atoms with van der Waals surface area (Å²) in [5.74, 6) is 0.684. The fourth-order valence-electron chi connectivity index (χ4n) is 3.15. The number of carbonyl (C=O) groups excluding carboxylic acids is 1. The van der Waals surface area contributed by atoms with Crippen molar-refractivity contribution in [3.63, 3.8) is 0 Å². The van der Waals surface area contributed by atoms with Crippen molar-refractivity contribution in [3.8, 4) is 0 Å². The summed E-state index contributed by atoms with van der Waals surface area (Å²) in [6.07, 6.45) is 8.16. The van der Waals surface area contributed by atoms with Crippen molar-refractivity contribution in [1.29, 1.82) is 0 Å². The fraction of sp³-hybridized carbons (Fsp3) is 0.824. The smallest absolute Gasteiger partial charge is 0.228 e. The van der Waals surface area contributed by atoms with Crippen LogP contribution in [-0.4, -0.2) is 26.4 Å². The SMILES string of the molecule is C[C@@H](O[Si](C)(C)C(C)(C)C)[C@H]1C(=O)N[C@@H]1[C@@H]1C=CCCC1. The van der Waals surface area contributed by atoms with E-state index >= 15 is 0 Å². The highest BCUT2D eigenvalue weighted by Crippen LogP contribution is 2.40. The van der Waals surface area contributed by atoms with Crippen molar-refractivity contribution >= 4 is 14.2 Å². The van der Waals surface area contributed by atoms with Gasteiger partial charge in [0.05, 0.1) is 12.0 Å².